The van der Waals surface area contributed by atoms with E-state index < -0.39 is 11.2 Å². The quantitative estimate of drug-likeness (QED) is 0.386. The van der Waals surface area contributed by atoms with E-state index >= 15 is 0 Å². The molecule has 3 atom stereocenters. The molecule has 2 rings (SSSR count). The molecule has 0 saturated carbocycles. The molecule has 0 radical (unpaired) electrons. The van der Waals surface area contributed by atoms with Crippen LogP contribution in [0, 0.1) is 0 Å². The summed E-state index contributed by atoms with van der Waals surface area (Å²) in [7, 11) is 3.11. The van der Waals surface area contributed by atoms with Gasteiger partial charge >= 0.3 is 5.69 Å². The molecule has 2 heterocycles. The van der Waals surface area contributed by atoms with Crippen molar-refractivity contribution >= 4 is 12.1 Å². The molecule has 1 aliphatic heterocycles. The average Bonchev–Trinajstić information content (AvgIpc) is 3.12. The summed E-state index contributed by atoms with van der Waals surface area (Å²) in [6, 6.07) is 0. The number of hydrogen-bond donors (Lipinski definition) is 2. The topological polar surface area (TPSA) is 112 Å². The van der Waals surface area contributed by atoms with Crippen molar-refractivity contribution < 1.29 is 19.0 Å². The largest absolute Gasteiger partial charge is 0.382 e. The molecule has 9 nitrogen and oxygen atoms in total. The van der Waals surface area contributed by atoms with Crippen molar-refractivity contribution in [1.82, 2.24) is 14.9 Å². The van der Waals surface area contributed by atoms with Crippen LogP contribution in [0.5, 0.6) is 0 Å². The number of rotatable bonds is 12. The van der Waals surface area contributed by atoms with Gasteiger partial charge in [0.25, 0.3) is 5.56 Å². The van der Waals surface area contributed by atoms with E-state index in [0.717, 1.165) is 19.3 Å². The Morgan fingerprint density at radius 2 is 2.07 bits per heavy atom. The first kappa shape index (κ1) is 24.0. The highest BCUT2D eigenvalue weighted by Gasteiger charge is 2.39. The lowest BCUT2D eigenvalue weighted by molar-refractivity contribution is -0.116. The second-order valence-electron chi connectivity index (χ2n) is 7.41. The van der Waals surface area contributed by atoms with Gasteiger partial charge < -0.3 is 19.5 Å². The highest BCUT2D eigenvalue weighted by atomic mass is 16.6. The van der Waals surface area contributed by atoms with E-state index in [0.29, 0.717) is 18.7 Å². The van der Waals surface area contributed by atoms with E-state index in [4.69, 9.17) is 14.2 Å². The number of H-pyrrole nitrogens is 1. The van der Waals surface area contributed by atoms with E-state index in [1.807, 2.05) is 0 Å². The zero-order valence-electron chi connectivity index (χ0n) is 18.0. The fourth-order valence-corrected chi connectivity index (χ4v) is 3.59. The molecule has 0 aromatic carbocycles. The third-order valence-corrected chi connectivity index (χ3v) is 5.22. The lowest BCUT2D eigenvalue weighted by Gasteiger charge is -2.20. The summed E-state index contributed by atoms with van der Waals surface area (Å²) in [5.41, 5.74) is -0.746. The van der Waals surface area contributed by atoms with Crippen molar-refractivity contribution in [1.29, 1.82) is 0 Å². The molecule has 168 valence electrons. The molecule has 1 aromatic rings. The molecule has 1 aliphatic rings. The Hall–Kier alpha value is -2.23. The van der Waals surface area contributed by atoms with E-state index in [9.17, 15) is 14.4 Å². The summed E-state index contributed by atoms with van der Waals surface area (Å²) in [5.74, 6) is -0.639. The van der Waals surface area contributed by atoms with Gasteiger partial charge in [-0.1, -0.05) is 32.6 Å². The van der Waals surface area contributed by atoms with Gasteiger partial charge in [-0.15, -0.1) is 0 Å². The maximum Gasteiger partial charge on any atom is 0.332 e. The number of nitrogens with one attached hydrogen (secondary N) is 2. The van der Waals surface area contributed by atoms with Gasteiger partial charge in [0.1, 0.15) is 6.10 Å². The minimum Gasteiger partial charge on any atom is -0.382 e. The van der Waals surface area contributed by atoms with Gasteiger partial charge in [-0.2, -0.15) is 0 Å². The minimum atomic E-state index is -0.617. The Bertz CT molecular complexity index is 816. The lowest BCUT2D eigenvalue weighted by Crippen LogP contribution is -2.36. The molecule has 1 fully saturated rings. The first-order valence-corrected chi connectivity index (χ1v) is 10.5. The van der Waals surface area contributed by atoms with Crippen molar-refractivity contribution in [2.45, 2.75) is 57.2 Å². The molecule has 30 heavy (non-hydrogen) atoms. The van der Waals surface area contributed by atoms with Crippen LogP contribution in [0.3, 0.4) is 0 Å². The van der Waals surface area contributed by atoms with Crippen molar-refractivity contribution in [2.75, 3.05) is 34.0 Å². The van der Waals surface area contributed by atoms with Gasteiger partial charge in [0, 0.05) is 50.7 Å². The number of aromatic nitrogens is 2. The van der Waals surface area contributed by atoms with Gasteiger partial charge in [0.2, 0.25) is 5.91 Å². The van der Waals surface area contributed by atoms with Gasteiger partial charge in [-0.3, -0.25) is 19.1 Å². The standard InChI is InChI=1S/C21H33N3O6/c1-4-5-6-7-8-10-22-18(25)9-11-24-12-15(20(26)23-21(24)27)16-13-30-17(14-28-2)19(16)29-3/h9,11-12,16-17,19H,4-8,10,13-14H2,1-3H3,(H,22,25)(H,23,26,27)/b11-9+. The van der Waals surface area contributed by atoms with Crippen LogP contribution in [0.25, 0.3) is 6.20 Å². The number of carbonyl (C=O) groups excluding carboxylic acids is 1. The molecule has 1 saturated heterocycles. The van der Waals surface area contributed by atoms with Crippen LogP contribution in [-0.4, -0.2) is 61.6 Å². The van der Waals surface area contributed by atoms with E-state index in [2.05, 4.69) is 17.2 Å². The number of hydrogen-bond acceptors (Lipinski definition) is 6. The Kier molecular flexibility index (Phi) is 9.99. The number of carbonyl (C=O) groups is 1. The fourth-order valence-electron chi connectivity index (χ4n) is 3.59. The highest BCUT2D eigenvalue weighted by Crippen LogP contribution is 2.30. The predicted octanol–water partition coefficient (Wildman–Crippen LogP) is 1.24. The first-order valence-electron chi connectivity index (χ1n) is 10.5. The number of aromatic amines is 1. The third kappa shape index (κ3) is 6.65. The number of nitrogens with zero attached hydrogens (tertiary/aromatic N) is 1. The molecule has 9 heteroatoms. The third-order valence-electron chi connectivity index (χ3n) is 5.22. The van der Waals surface area contributed by atoms with Crippen molar-refractivity contribution in [3.05, 3.63) is 38.7 Å². The monoisotopic (exact) mass is 423 g/mol. The number of amides is 1. The number of ether oxygens (including phenoxy) is 3. The van der Waals surface area contributed by atoms with Crippen LogP contribution in [-0.2, 0) is 19.0 Å². The van der Waals surface area contributed by atoms with Crippen LogP contribution in [0.15, 0.2) is 21.9 Å². The molecule has 0 aliphatic carbocycles. The number of methoxy groups -OCH3 is 2. The summed E-state index contributed by atoms with van der Waals surface area (Å²) in [5, 5.41) is 2.80. The Labute approximate surface area is 176 Å². The first-order chi connectivity index (χ1) is 14.5. The Morgan fingerprint density at radius 3 is 2.77 bits per heavy atom. The van der Waals surface area contributed by atoms with Gasteiger partial charge in [-0.25, -0.2) is 4.79 Å². The lowest BCUT2D eigenvalue weighted by atomic mass is 9.95. The van der Waals surface area contributed by atoms with Crippen LogP contribution in [0.1, 0.15) is 50.5 Å². The highest BCUT2D eigenvalue weighted by molar-refractivity contribution is 5.90. The molecule has 1 amide bonds. The summed E-state index contributed by atoms with van der Waals surface area (Å²) < 4.78 is 17.5. The summed E-state index contributed by atoms with van der Waals surface area (Å²) >= 11 is 0. The van der Waals surface area contributed by atoms with E-state index in [-0.39, 0.29) is 30.6 Å². The molecule has 0 spiro atoms. The molecule has 1 aromatic heterocycles. The predicted molar refractivity (Wildman–Crippen MR) is 114 cm³/mol. The zero-order valence-corrected chi connectivity index (χ0v) is 18.0. The fraction of sp³-hybridized carbons (Fsp3) is 0.667. The summed E-state index contributed by atoms with van der Waals surface area (Å²) in [4.78, 5) is 38.8. The van der Waals surface area contributed by atoms with E-state index in [1.54, 1.807) is 14.2 Å². The smallest absolute Gasteiger partial charge is 0.332 e. The molecular formula is C21H33N3O6. The minimum absolute atomic E-state index is 0.274. The second kappa shape index (κ2) is 12.5. The zero-order chi connectivity index (χ0) is 21.9. The van der Waals surface area contributed by atoms with Crippen molar-refractivity contribution in [2.24, 2.45) is 0 Å². The van der Waals surface area contributed by atoms with Crippen LogP contribution >= 0.6 is 0 Å². The maximum atomic E-state index is 12.4. The average molecular weight is 424 g/mol. The maximum absolute atomic E-state index is 12.4. The van der Waals surface area contributed by atoms with Crippen molar-refractivity contribution in [3.8, 4) is 0 Å². The van der Waals surface area contributed by atoms with Gasteiger partial charge in [0.05, 0.1) is 19.3 Å². The molecule has 3 unspecified atom stereocenters. The summed E-state index contributed by atoms with van der Waals surface area (Å²) in [6.07, 6.45) is 8.92. The van der Waals surface area contributed by atoms with Crippen LogP contribution in [0.2, 0.25) is 0 Å². The van der Waals surface area contributed by atoms with Crippen LogP contribution in [0.4, 0.5) is 0 Å². The Balaban J connectivity index is 2.04. The Morgan fingerprint density at radius 1 is 1.30 bits per heavy atom. The van der Waals surface area contributed by atoms with Crippen LogP contribution < -0.4 is 16.6 Å². The summed E-state index contributed by atoms with van der Waals surface area (Å²) in [6.45, 7) is 3.36. The van der Waals surface area contributed by atoms with Gasteiger partial charge in [0.15, 0.2) is 0 Å². The number of unbranched alkanes of at least 4 members (excludes halogenated alkanes) is 4. The second-order valence-corrected chi connectivity index (χ2v) is 7.41. The van der Waals surface area contributed by atoms with Crippen molar-refractivity contribution in [3.63, 3.8) is 0 Å². The SMILES string of the molecule is CCCCCCCNC(=O)/C=C/n1cc(C2COC(COC)C2OC)c(=O)[nH]c1=O. The van der Waals surface area contributed by atoms with E-state index in [1.165, 1.54) is 35.9 Å². The molecule has 2 N–H and O–H groups in total. The van der Waals surface area contributed by atoms with Gasteiger partial charge in [-0.05, 0) is 6.42 Å². The molecular weight excluding hydrogens is 390 g/mol. The molecule has 0 bridgehead atoms. The normalized spacial score (nSPS) is 21.4.